The average molecular weight is 311 g/mol. The first-order valence-electron chi connectivity index (χ1n) is 8.04. The van der Waals surface area contributed by atoms with E-state index in [9.17, 15) is 9.90 Å². The summed E-state index contributed by atoms with van der Waals surface area (Å²) in [5.41, 5.74) is 3.04. The number of aliphatic carboxylic acids is 1. The molecule has 1 saturated heterocycles. The minimum Gasteiger partial charge on any atom is -0.480 e. The summed E-state index contributed by atoms with van der Waals surface area (Å²) in [4.78, 5) is 22.4. The largest absolute Gasteiger partial charge is 0.480 e. The molecule has 1 N–H and O–H groups in total. The molecule has 2 unspecified atom stereocenters. The van der Waals surface area contributed by atoms with Gasteiger partial charge in [0.25, 0.3) is 0 Å². The summed E-state index contributed by atoms with van der Waals surface area (Å²) in [6.07, 6.45) is 7.92. The van der Waals surface area contributed by atoms with Crippen molar-refractivity contribution in [3.8, 4) is 0 Å². The van der Waals surface area contributed by atoms with Crippen LogP contribution < -0.4 is 0 Å². The van der Waals surface area contributed by atoms with E-state index in [1.165, 1.54) is 5.56 Å². The fraction of sp³-hybridized carbons (Fsp3) is 0.389. The smallest absolute Gasteiger partial charge is 0.320 e. The number of pyridine rings is 2. The molecule has 0 aromatic carbocycles. The van der Waals surface area contributed by atoms with Crippen molar-refractivity contribution in [1.82, 2.24) is 14.9 Å². The number of likely N-dealkylation sites (tertiary alicyclic amines) is 1. The summed E-state index contributed by atoms with van der Waals surface area (Å²) in [6.45, 7) is 2.85. The zero-order valence-corrected chi connectivity index (χ0v) is 13.2. The van der Waals surface area contributed by atoms with E-state index in [0.717, 1.165) is 30.6 Å². The van der Waals surface area contributed by atoms with Gasteiger partial charge in [-0.2, -0.15) is 0 Å². The van der Waals surface area contributed by atoms with Gasteiger partial charge in [0, 0.05) is 25.1 Å². The summed E-state index contributed by atoms with van der Waals surface area (Å²) in [7, 11) is 0. The highest BCUT2D eigenvalue weighted by atomic mass is 16.4. The Morgan fingerprint density at radius 3 is 2.87 bits per heavy atom. The molecule has 23 heavy (non-hydrogen) atoms. The van der Waals surface area contributed by atoms with Crippen LogP contribution in [0.5, 0.6) is 0 Å². The van der Waals surface area contributed by atoms with Gasteiger partial charge in [0.1, 0.15) is 6.04 Å². The Kier molecular flexibility index (Phi) is 4.67. The molecule has 5 heteroatoms. The molecule has 0 amide bonds. The van der Waals surface area contributed by atoms with E-state index in [0.29, 0.717) is 6.42 Å². The quantitative estimate of drug-likeness (QED) is 0.919. The maximum absolute atomic E-state index is 11.6. The maximum Gasteiger partial charge on any atom is 0.320 e. The lowest BCUT2D eigenvalue weighted by atomic mass is 10.0. The second kappa shape index (κ2) is 6.87. The average Bonchev–Trinajstić information content (AvgIpc) is 3.06. The third kappa shape index (κ3) is 3.24. The van der Waals surface area contributed by atoms with E-state index < -0.39 is 12.0 Å². The van der Waals surface area contributed by atoms with Gasteiger partial charge in [-0.15, -0.1) is 0 Å². The third-order valence-electron chi connectivity index (χ3n) is 4.45. The molecule has 1 aliphatic heterocycles. The molecule has 0 bridgehead atoms. The fourth-order valence-electron chi connectivity index (χ4n) is 3.24. The zero-order chi connectivity index (χ0) is 16.2. The molecule has 1 aliphatic rings. The molecule has 0 radical (unpaired) electrons. The lowest BCUT2D eigenvalue weighted by Gasteiger charge is -2.31. The first-order valence-corrected chi connectivity index (χ1v) is 8.04. The number of aryl methyl sites for hydroxylation is 1. The van der Waals surface area contributed by atoms with Crippen LogP contribution in [-0.4, -0.2) is 38.5 Å². The van der Waals surface area contributed by atoms with Gasteiger partial charge in [-0.3, -0.25) is 19.7 Å². The zero-order valence-electron chi connectivity index (χ0n) is 13.2. The number of rotatable bonds is 5. The Morgan fingerprint density at radius 2 is 2.26 bits per heavy atom. The molecule has 0 aliphatic carbocycles. The highest BCUT2D eigenvalue weighted by molar-refractivity contribution is 5.74. The molecule has 2 aromatic rings. The van der Waals surface area contributed by atoms with Crippen LogP contribution in [0.3, 0.4) is 0 Å². The van der Waals surface area contributed by atoms with Crippen molar-refractivity contribution in [2.75, 3.05) is 6.54 Å². The predicted molar refractivity (Wildman–Crippen MR) is 87.1 cm³/mol. The summed E-state index contributed by atoms with van der Waals surface area (Å²) in [6, 6.07) is 7.32. The SMILES string of the molecule is CCc1ccc(C(c2cccnc2)N2CCCC2C(=O)O)nc1. The van der Waals surface area contributed by atoms with Crippen molar-refractivity contribution in [2.45, 2.75) is 38.3 Å². The molecule has 1 fully saturated rings. The lowest BCUT2D eigenvalue weighted by Crippen LogP contribution is -2.39. The second-order valence-corrected chi connectivity index (χ2v) is 5.87. The number of aromatic nitrogens is 2. The Balaban J connectivity index is 2.01. The van der Waals surface area contributed by atoms with Gasteiger partial charge in [0.15, 0.2) is 0 Å². The van der Waals surface area contributed by atoms with Crippen molar-refractivity contribution in [3.05, 3.63) is 59.7 Å². The number of hydrogen-bond donors (Lipinski definition) is 1. The van der Waals surface area contributed by atoms with Crippen LogP contribution in [0.15, 0.2) is 42.9 Å². The monoisotopic (exact) mass is 311 g/mol. The summed E-state index contributed by atoms with van der Waals surface area (Å²) >= 11 is 0. The molecule has 2 atom stereocenters. The Bertz CT molecular complexity index is 658. The van der Waals surface area contributed by atoms with E-state index in [2.05, 4.69) is 23.0 Å². The number of carboxylic acid groups (broad SMARTS) is 1. The molecule has 0 spiro atoms. The highest BCUT2D eigenvalue weighted by Gasteiger charge is 2.37. The molecule has 3 rings (SSSR count). The van der Waals surface area contributed by atoms with Gasteiger partial charge in [0.2, 0.25) is 0 Å². The first-order chi connectivity index (χ1) is 11.2. The molecule has 5 nitrogen and oxygen atoms in total. The lowest BCUT2D eigenvalue weighted by molar-refractivity contribution is -0.142. The summed E-state index contributed by atoms with van der Waals surface area (Å²) in [5, 5.41) is 9.53. The third-order valence-corrected chi connectivity index (χ3v) is 4.45. The van der Waals surface area contributed by atoms with Crippen LogP contribution in [0.25, 0.3) is 0 Å². The minimum absolute atomic E-state index is 0.168. The van der Waals surface area contributed by atoms with Crippen molar-refractivity contribution in [3.63, 3.8) is 0 Å². The van der Waals surface area contributed by atoms with Crippen molar-refractivity contribution < 1.29 is 9.90 Å². The normalized spacial score (nSPS) is 19.6. The molecule has 0 saturated carbocycles. The molecular formula is C18H21N3O2. The van der Waals surface area contributed by atoms with Gasteiger partial charge in [-0.05, 0) is 42.5 Å². The van der Waals surface area contributed by atoms with Crippen molar-refractivity contribution in [1.29, 1.82) is 0 Å². The van der Waals surface area contributed by atoms with E-state index in [1.54, 1.807) is 12.4 Å². The molecule has 120 valence electrons. The summed E-state index contributed by atoms with van der Waals surface area (Å²) < 4.78 is 0. The molecular weight excluding hydrogens is 290 g/mol. The second-order valence-electron chi connectivity index (χ2n) is 5.87. The van der Waals surface area contributed by atoms with Crippen molar-refractivity contribution >= 4 is 5.97 Å². The number of hydrogen-bond acceptors (Lipinski definition) is 4. The highest BCUT2D eigenvalue weighted by Crippen LogP contribution is 2.33. The first kappa shape index (κ1) is 15.6. The van der Waals surface area contributed by atoms with E-state index in [-0.39, 0.29) is 6.04 Å². The van der Waals surface area contributed by atoms with Crippen LogP contribution in [0, 0.1) is 0 Å². The molecule has 3 heterocycles. The van der Waals surface area contributed by atoms with E-state index >= 15 is 0 Å². The number of nitrogens with zero attached hydrogens (tertiary/aromatic N) is 3. The number of carbonyl (C=O) groups is 1. The topological polar surface area (TPSA) is 66.3 Å². The maximum atomic E-state index is 11.6. The number of carboxylic acids is 1. The van der Waals surface area contributed by atoms with Gasteiger partial charge < -0.3 is 5.11 Å². The van der Waals surface area contributed by atoms with Gasteiger partial charge >= 0.3 is 5.97 Å². The molecule has 2 aromatic heterocycles. The predicted octanol–water partition coefficient (Wildman–Crippen LogP) is 2.68. The Hall–Kier alpha value is -2.27. The Morgan fingerprint density at radius 1 is 1.39 bits per heavy atom. The van der Waals surface area contributed by atoms with Crippen LogP contribution in [0.1, 0.15) is 42.6 Å². The van der Waals surface area contributed by atoms with Crippen LogP contribution in [0.2, 0.25) is 0 Å². The fourth-order valence-corrected chi connectivity index (χ4v) is 3.24. The van der Waals surface area contributed by atoms with E-state index in [1.807, 2.05) is 29.3 Å². The van der Waals surface area contributed by atoms with Gasteiger partial charge in [-0.25, -0.2) is 0 Å². The van der Waals surface area contributed by atoms with E-state index in [4.69, 9.17) is 0 Å². The van der Waals surface area contributed by atoms with Gasteiger partial charge in [-0.1, -0.05) is 19.1 Å². The summed E-state index contributed by atoms with van der Waals surface area (Å²) in [5.74, 6) is -0.762. The van der Waals surface area contributed by atoms with Crippen LogP contribution in [-0.2, 0) is 11.2 Å². The minimum atomic E-state index is -0.762. The van der Waals surface area contributed by atoms with Crippen LogP contribution in [0.4, 0.5) is 0 Å². The standard InChI is InChI=1S/C18H21N3O2/c1-2-13-7-8-15(20-11-13)17(14-5-3-9-19-12-14)21-10-4-6-16(21)18(22)23/h3,5,7-9,11-12,16-17H,2,4,6,10H2,1H3,(H,22,23). The van der Waals surface area contributed by atoms with Gasteiger partial charge in [0.05, 0.1) is 11.7 Å². The van der Waals surface area contributed by atoms with Crippen LogP contribution >= 0.6 is 0 Å². The Labute approximate surface area is 136 Å². The van der Waals surface area contributed by atoms with Crippen molar-refractivity contribution in [2.24, 2.45) is 0 Å².